The van der Waals surface area contributed by atoms with Crippen molar-refractivity contribution in [3.63, 3.8) is 0 Å². The first kappa shape index (κ1) is 12.2. The molecule has 1 aromatic carbocycles. The number of aliphatic hydroxyl groups excluding tert-OH is 1. The van der Waals surface area contributed by atoms with Crippen LogP contribution in [0.15, 0.2) is 30.3 Å². The quantitative estimate of drug-likeness (QED) is 0.831. The molecule has 0 saturated carbocycles. The molecule has 2 N–H and O–H groups in total. The molecule has 2 fully saturated rings. The van der Waals surface area contributed by atoms with Crippen LogP contribution in [0.1, 0.15) is 30.9 Å². The molecule has 0 radical (unpaired) electrons. The van der Waals surface area contributed by atoms with Crippen molar-refractivity contribution >= 4 is 0 Å². The molecule has 18 heavy (non-hydrogen) atoms. The lowest BCUT2D eigenvalue weighted by Crippen LogP contribution is -2.43. The maximum atomic E-state index is 10.3. The fraction of sp³-hybridized carbons (Fsp3) is 0.600. The zero-order chi connectivity index (χ0) is 12.4. The summed E-state index contributed by atoms with van der Waals surface area (Å²) in [7, 11) is 0. The summed E-state index contributed by atoms with van der Waals surface area (Å²) in [6, 6.07) is 11.3. The molecule has 3 rings (SSSR count). The van der Waals surface area contributed by atoms with Gasteiger partial charge in [-0.2, -0.15) is 0 Å². The van der Waals surface area contributed by atoms with Crippen LogP contribution in [0.25, 0.3) is 0 Å². The fourth-order valence-corrected chi connectivity index (χ4v) is 3.41. The molecule has 0 aliphatic carbocycles. The van der Waals surface area contributed by atoms with Crippen LogP contribution in [0.5, 0.6) is 0 Å². The van der Waals surface area contributed by atoms with Gasteiger partial charge in [0.15, 0.2) is 0 Å². The van der Waals surface area contributed by atoms with E-state index in [9.17, 15) is 5.11 Å². The Hall–Kier alpha value is -0.900. The van der Waals surface area contributed by atoms with Gasteiger partial charge in [0.25, 0.3) is 0 Å². The van der Waals surface area contributed by atoms with Gasteiger partial charge in [-0.1, -0.05) is 30.3 Å². The van der Waals surface area contributed by atoms with E-state index < -0.39 is 0 Å². The van der Waals surface area contributed by atoms with E-state index >= 15 is 0 Å². The number of hydrogen-bond acceptors (Lipinski definition) is 3. The van der Waals surface area contributed by atoms with Crippen LogP contribution in [0.3, 0.4) is 0 Å². The van der Waals surface area contributed by atoms with Gasteiger partial charge in [0.05, 0.1) is 12.1 Å². The van der Waals surface area contributed by atoms with E-state index in [-0.39, 0.29) is 12.1 Å². The van der Waals surface area contributed by atoms with Crippen molar-refractivity contribution in [3.05, 3.63) is 35.9 Å². The minimum atomic E-state index is -0.206. The maximum Gasteiger partial charge on any atom is 0.0749 e. The Kier molecular flexibility index (Phi) is 3.64. The van der Waals surface area contributed by atoms with Gasteiger partial charge in [0.1, 0.15) is 0 Å². The van der Waals surface area contributed by atoms with Gasteiger partial charge in [-0.25, -0.2) is 0 Å². The highest BCUT2D eigenvalue weighted by Crippen LogP contribution is 2.35. The van der Waals surface area contributed by atoms with Gasteiger partial charge < -0.3 is 10.4 Å². The molecule has 1 aromatic rings. The van der Waals surface area contributed by atoms with Crippen LogP contribution in [-0.2, 0) is 0 Å². The highest BCUT2D eigenvalue weighted by Gasteiger charge is 2.38. The molecule has 0 amide bonds. The second kappa shape index (κ2) is 5.39. The molecule has 0 spiro atoms. The van der Waals surface area contributed by atoms with Crippen molar-refractivity contribution in [2.24, 2.45) is 0 Å². The van der Waals surface area contributed by atoms with Crippen LogP contribution in [0.2, 0.25) is 0 Å². The van der Waals surface area contributed by atoms with E-state index in [1.807, 2.05) is 6.07 Å². The highest BCUT2D eigenvalue weighted by molar-refractivity contribution is 5.22. The summed E-state index contributed by atoms with van der Waals surface area (Å²) in [4.78, 5) is 2.53. The Labute approximate surface area is 109 Å². The Morgan fingerprint density at radius 3 is 2.50 bits per heavy atom. The van der Waals surface area contributed by atoms with Gasteiger partial charge in [-0.05, 0) is 37.9 Å². The zero-order valence-electron chi connectivity index (χ0n) is 10.8. The predicted octanol–water partition coefficient (Wildman–Crippen LogP) is 1.55. The van der Waals surface area contributed by atoms with Crippen LogP contribution in [0.4, 0.5) is 0 Å². The van der Waals surface area contributed by atoms with Crippen LogP contribution in [0, 0.1) is 0 Å². The first-order valence-electron chi connectivity index (χ1n) is 7.06. The molecule has 2 heterocycles. The zero-order valence-corrected chi connectivity index (χ0v) is 10.8. The van der Waals surface area contributed by atoms with E-state index in [1.54, 1.807) is 0 Å². The van der Waals surface area contributed by atoms with Gasteiger partial charge in [0.2, 0.25) is 0 Å². The first-order chi connectivity index (χ1) is 8.86. The Balaban J connectivity index is 1.81. The Bertz CT molecular complexity index is 375. The number of likely N-dealkylation sites (tertiary alicyclic amines) is 1. The second-order valence-electron chi connectivity index (χ2n) is 5.43. The summed E-state index contributed by atoms with van der Waals surface area (Å²) in [5.41, 5.74) is 1.26. The number of nitrogens with one attached hydrogen (secondary N) is 1. The molecule has 2 aliphatic rings. The molecule has 0 aromatic heterocycles. The molecule has 2 atom stereocenters. The largest absolute Gasteiger partial charge is 0.391 e. The van der Waals surface area contributed by atoms with Gasteiger partial charge >= 0.3 is 0 Å². The molecule has 3 heteroatoms. The first-order valence-corrected chi connectivity index (χ1v) is 7.06. The lowest BCUT2D eigenvalue weighted by atomic mass is 9.98. The number of nitrogens with zero attached hydrogens (tertiary/aromatic N) is 1. The molecule has 0 bridgehead atoms. The maximum absolute atomic E-state index is 10.3. The van der Waals surface area contributed by atoms with Crippen molar-refractivity contribution in [3.8, 4) is 0 Å². The molecule has 98 valence electrons. The van der Waals surface area contributed by atoms with Crippen molar-refractivity contribution in [1.82, 2.24) is 10.2 Å². The van der Waals surface area contributed by atoms with E-state index in [0.29, 0.717) is 6.04 Å². The van der Waals surface area contributed by atoms with Gasteiger partial charge in [-0.15, -0.1) is 0 Å². The number of benzene rings is 1. The molecule has 3 nitrogen and oxygen atoms in total. The normalized spacial score (nSPS) is 30.7. The highest BCUT2D eigenvalue weighted by atomic mass is 16.3. The number of aliphatic hydroxyl groups is 1. The summed E-state index contributed by atoms with van der Waals surface area (Å²) in [6.45, 7) is 3.25. The summed E-state index contributed by atoms with van der Waals surface area (Å²) in [5.74, 6) is 0. The minimum absolute atomic E-state index is 0.203. The van der Waals surface area contributed by atoms with E-state index in [4.69, 9.17) is 0 Å². The summed E-state index contributed by atoms with van der Waals surface area (Å²) >= 11 is 0. The van der Waals surface area contributed by atoms with E-state index in [0.717, 1.165) is 26.1 Å². The number of hydrogen-bond donors (Lipinski definition) is 2. The molecule has 2 saturated heterocycles. The standard InChI is InChI=1S/C15H22N2O/c18-14-8-11-17(13-6-9-16-10-7-13)15(14)12-4-2-1-3-5-12/h1-5,13-16,18H,6-11H2. The predicted molar refractivity (Wildman–Crippen MR) is 72.4 cm³/mol. The Morgan fingerprint density at radius 1 is 1.06 bits per heavy atom. The molecule has 2 unspecified atom stereocenters. The average molecular weight is 246 g/mol. The second-order valence-corrected chi connectivity index (χ2v) is 5.43. The van der Waals surface area contributed by atoms with E-state index in [1.165, 1.54) is 18.4 Å². The fourth-order valence-electron chi connectivity index (χ4n) is 3.41. The average Bonchev–Trinajstić information content (AvgIpc) is 2.83. The smallest absolute Gasteiger partial charge is 0.0749 e. The monoisotopic (exact) mass is 246 g/mol. The summed E-state index contributed by atoms with van der Waals surface area (Å²) in [5, 5.41) is 13.7. The Morgan fingerprint density at radius 2 is 1.78 bits per heavy atom. The topological polar surface area (TPSA) is 35.5 Å². The SMILES string of the molecule is OC1CCN(C2CCNCC2)C1c1ccccc1. The number of piperidine rings is 1. The van der Waals surface area contributed by atoms with Crippen molar-refractivity contribution in [2.45, 2.75) is 37.5 Å². The lowest BCUT2D eigenvalue weighted by molar-refractivity contribution is 0.0807. The number of rotatable bonds is 2. The molecule has 2 aliphatic heterocycles. The molecular formula is C15H22N2O. The van der Waals surface area contributed by atoms with Crippen LogP contribution < -0.4 is 5.32 Å². The van der Waals surface area contributed by atoms with Gasteiger partial charge in [0, 0.05) is 12.6 Å². The lowest BCUT2D eigenvalue weighted by Gasteiger charge is -2.36. The third-order valence-corrected chi connectivity index (χ3v) is 4.32. The van der Waals surface area contributed by atoms with Crippen molar-refractivity contribution in [2.75, 3.05) is 19.6 Å². The third-order valence-electron chi connectivity index (χ3n) is 4.32. The summed E-state index contributed by atoms with van der Waals surface area (Å²) in [6.07, 6.45) is 3.11. The van der Waals surface area contributed by atoms with Crippen molar-refractivity contribution in [1.29, 1.82) is 0 Å². The minimum Gasteiger partial charge on any atom is -0.391 e. The van der Waals surface area contributed by atoms with Crippen LogP contribution >= 0.6 is 0 Å². The summed E-state index contributed by atoms with van der Waals surface area (Å²) < 4.78 is 0. The van der Waals surface area contributed by atoms with E-state index in [2.05, 4.69) is 34.5 Å². The molecular weight excluding hydrogens is 224 g/mol. The van der Waals surface area contributed by atoms with Crippen molar-refractivity contribution < 1.29 is 5.11 Å². The van der Waals surface area contributed by atoms with Crippen LogP contribution in [-0.4, -0.2) is 41.8 Å². The third kappa shape index (κ3) is 2.30. The van der Waals surface area contributed by atoms with Gasteiger partial charge in [-0.3, -0.25) is 4.90 Å².